The van der Waals surface area contributed by atoms with Crippen molar-refractivity contribution in [3.05, 3.63) is 11.9 Å². The number of hydrogen-bond donors (Lipinski definition) is 2. The van der Waals surface area contributed by atoms with E-state index in [4.69, 9.17) is 5.73 Å². The summed E-state index contributed by atoms with van der Waals surface area (Å²) in [5.41, 5.74) is 6.68. The molecule has 1 atom stereocenters. The molecular formula is C11H19N5O. The zero-order valence-corrected chi connectivity index (χ0v) is 10.3. The number of likely N-dealkylation sites (tertiary alicyclic amines) is 1. The molecule has 1 unspecified atom stereocenters. The van der Waals surface area contributed by atoms with Crippen molar-refractivity contribution in [2.45, 2.75) is 25.9 Å². The lowest BCUT2D eigenvalue weighted by molar-refractivity contribution is 0.0928. The lowest BCUT2D eigenvalue weighted by Gasteiger charge is -2.13. The highest BCUT2D eigenvalue weighted by Gasteiger charge is 2.24. The Morgan fingerprint density at radius 1 is 1.71 bits per heavy atom. The summed E-state index contributed by atoms with van der Waals surface area (Å²) in [4.78, 5) is 14.3. The Bertz CT molecular complexity index is 414. The van der Waals surface area contributed by atoms with Crippen LogP contribution in [0.5, 0.6) is 0 Å². The van der Waals surface area contributed by atoms with Gasteiger partial charge < -0.3 is 16.0 Å². The Hall–Kier alpha value is -1.56. The van der Waals surface area contributed by atoms with Crippen LogP contribution in [0, 0.1) is 0 Å². The zero-order chi connectivity index (χ0) is 12.4. The summed E-state index contributed by atoms with van der Waals surface area (Å²) < 4.78 is 1.63. The lowest BCUT2D eigenvalue weighted by atomic mass is 10.2. The van der Waals surface area contributed by atoms with E-state index >= 15 is 0 Å². The van der Waals surface area contributed by atoms with Crippen molar-refractivity contribution >= 4 is 11.6 Å². The van der Waals surface area contributed by atoms with Gasteiger partial charge in [0.15, 0.2) is 0 Å². The van der Waals surface area contributed by atoms with Crippen LogP contribution < -0.4 is 11.1 Å². The highest BCUT2D eigenvalue weighted by molar-refractivity contribution is 5.97. The van der Waals surface area contributed by atoms with Crippen molar-refractivity contribution < 1.29 is 4.79 Å². The van der Waals surface area contributed by atoms with Gasteiger partial charge in [-0.15, -0.1) is 0 Å². The van der Waals surface area contributed by atoms with Crippen LogP contribution in [0.4, 0.5) is 5.69 Å². The second kappa shape index (κ2) is 4.75. The maximum atomic E-state index is 12.1. The first-order valence-electron chi connectivity index (χ1n) is 5.92. The van der Waals surface area contributed by atoms with E-state index in [-0.39, 0.29) is 11.9 Å². The monoisotopic (exact) mass is 237 g/mol. The molecule has 2 rings (SSSR count). The van der Waals surface area contributed by atoms with Gasteiger partial charge in [0.05, 0.1) is 11.9 Å². The predicted octanol–water partition coefficient (Wildman–Crippen LogP) is -0.0809. The number of nitrogens with two attached hydrogens (primary N) is 1. The molecule has 0 aromatic carbocycles. The van der Waals surface area contributed by atoms with Crippen LogP contribution in [0.3, 0.4) is 0 Å². The standard InChI is InChI=1S/C11H19N5O/c1-3-16-10(9(12)6-13-16)11(17)14-8-4-5-15(2)7-8/h6,8H,3-5,7,12H2,1-2H3,(H,14,17). The van der Waals surface area contributed by atoms with E-state index in [1.807, 2.05) is 6.92 Å². The first-order valence-corrected chi connectivity index (χ1v) is 5.92. The number of carbonyl (C=O) groups excluding carboxylic acids is 1. The number of nitrogen functional groups attached to an aromatic ring is 1. The minimum atomic E-state index is -0.123. The molecule has 1 aliphatic rings. The average Bonchev–Trinajstić information content (AvgIpc) is 2.84. The molecule has 0 spiro atoms. The second-order valence-corrected chi connectivity index (χ2v) is 4.49. The maximum absolute atomic E-state index is 12.1. The highest BCUT2D eigenvalue weighted by Crippen LogP contribution is 2.12. The number of anilines is 1. The van der Waals surface area contributed by atoms with Gasteiger partial charge in [-0.1, -0.05) is 0 Å². The van der Waals surface area contributed by atoms with Gasteiger partial charge in [0.1, 0.15) is 5.69 Å². The molecule has 0 saturated carbocycles. The first kappa shape index (κ1) is 11.9. The maximum Gasteiger partial charge on any atom is 0.271 e. The number of nitrogens with zero attached hydrogens (tertiary/aromatic N) is 3. The Morgan fingerprint density at radius 2 is 2.47 bits per heavy atom. The van der Waals surface area contributed by atoms with Gasteiger partial charge >= 0.3 is 0 Å². The molecule has 6 nitrogen and oxygen atoms in total. The van der Waals surface area contributed by atoms with E-state index in [0.717, 1.165) is 19.5 Å². The zero-order valence-electron chi connectivity index (χ0n) is 10.3. The summed E-state index contributed by atoms with van der Waals surface area (Å²) in [5.74, 6) is -0.123. The minimum absolute atomic E-state index is 0.123. The van der Waals surface area contributed by atoms with E-state index in [1.165, 1.54) is 6.20 Å². The number of hydrogen-bond acceptors (Lipinski definition) is 4. The molecular weight excluding hydrogens is 218 g/mol. The van der Waals surface area contributed by atoms with Crippen LogP contribution in [-0.4, -0.2) is 46.8 Å². The molecule has 1 aromatic heterocycles. The fourth-order valence-corrected chi connectivity index (χ4v) is 2.19. The van der Waals surface area contributed by atoms with Crippen molar-refractivity contribution in [2.24, 2.45) is 0 Å². The van der Waals surface area contributed by atoms with Gasteiger partial charge in [-0.2, -0.15) is 5.10 Å². The third-order valence-corrected chi connectivity index (χ3v) is 3.11. The lowest BCUT2D eigenvalue weighted by Crippen LogP contribution is -2.37. The SMILES string of the molecule is CCn1ncc(N)c1C(=O)NC1CCN(C)C1. The summed E-state index contributed by atoms with van der Waals surface area (Å²) in [6.07, 6.45) is 2.52. The average molecular weight is 237 g/mol. The molecule has 6 heteroatoms. The quantitative estimate of drug-likeness (QED) is 0.771. The van der Waals surface area contributed by atoms with Crippen molar-refractivity contribution in [1.29, 1.82) is 0 Å². The summed E-state index contributed by atoms with van der Waals surface area (Å²) in [5, 5.41) is 7.07. The number of carbonyl (C=O) groups is 1. The fourth-order valence-electron chi connectivity index (χ4n) is 2.19. The molecule has 94 valence electrons. The molecule has 17 heavy (non-hydrogen) atoms. The molecule has 1 aliphatic heterocycles. The van der Waals surface area contributed by atoms with Crippen molar-refractivity contribution in [3.63, 3.8) is 0 Å². The van der Waals surface area contributed by atoms with Crippen molar-refractivity contribution in [2.75, 3.05) is 25.9 Å². The van der Waals surface area contributed by atoms with E-state index in [9.17, 15) is 4.79 Å². The van der Waals surface area contributed by atoms with E-state index in [1.54, 1.807) is 4.68 Å². The molecule has 0 radical (unpaired) electrons. The van der Waals surface area contributed by atoms with Gasteiger partial charge in [-0.25, -0.2) is 0 Å². The van der Waals surface area contributed by atoms with Crippen molar-refractivity contribution in [1.82, 2.24) is 20.0 Å². The normalized spacial score (nSPS) is 20.7. The van der Waals surface area contributed by atoms with E-state index < -0.39 is 0 Å². The molecule has 1 fully saturated rings. The largest absolute Gasteiger partial charge is 0.396 e. The Morgan fingerprint density at radius 3 is 3.06 bits per heavy atom. The molecule has 1 aromatic rings. The molecule has 3 N–H and O–H groups in total. The Balaban J connectivity index is 2.06. The molecule has 2 heterocycles. The predicted molar refractivity (Wildman–Crippen MR) is 65.7 cm³/mol. The topological polar surface area (TPSA) is 76.2 Å². The van der Waals surface area contributed by atoms with Crippen LogP contribution >= 0.6 is 0 Å². The van der Waals surface area contributed by atoms with E-state index in [0.29, 0.717) is 17.9 Å². The smallest absolute Gasteiger partial charge is 0.271 e. The second-order valence-electron chi connectivity index (χ2n) is 4.49. The summed E-state index contributed by atoms with van der Waals surface area (Å²) >= 11 is 0. The van der Waals surface area contributed by atoms with Gasteiger partial charge in [-0.3, -0.25) is 9.48 Å². The molecule has 1 amide bonds. The van der Waals surface area contributed by atoms with E-state index in [2.05, 4.69) is 22.4 Å². The van der Waals surface area contributed by atoms with Gasteiger partial charge in [0.2, 0.25) is 0 Å². The Kier molecular flexibility index (Phi) is 3.33. The summed E-state index contributed by atoms with van der Waals surface area (Å²) in [6.45, 7) is 4.50. The molecule has 1 saturated heterocycles. The van der Waals surface area contributed by atoms with Crippen LogP contribution in [0.2, 0.25) is 0 Å². The third-order valence-electron chi connectivity index (χ3n) is 3.11. The number of aryl methyl sites for hydroxylation is 1. The number of likely N-dealkylation sites (N-methyl/N-ethyl adjacent to an activating group) is 1. The van der Waals surface area contributed by atoms with Crippen LogP contribution in [0.15, 0.2) is 6.20 Å². The van der Waals surface area contributed by atoms with Crippen LogP contribution in [0.1, 0.15) is 23.8 Å². The molecule has 0 aliphatic carbocycles. The first-order chi connectivity index (χ1) is 8.11. The van der Waals surface area contributed by atoms with Crippen LogP contribution in [-0.2, 0) is 6.54 Å². The summed E-state index contributed by atoms with van der Waals surface area (Å²) in [6, 6.07) is 0.215. The molecule has 0 bridgehead atoms. The number of amides is 1. The minimum Gasteiger partial charge on any atom is -0.396 e. The number of rotatable bonds is 3. The number of aromatic nitrogens is 2. The highest BCUT2D eigenvalue weighted by atomic mass is 16.2. The van der Waals surface area contributed by atoms with Gasteiger partial charge in [-0.05, 0) is 26.9 Å². The van der Waals surface area contributed by atoms with Gasteiger partial charge in [0.25, 0.3) is 5.91 Å². The van der Waals surface area contributed by atoms with Crippen molar-refractivity contribution in [3.8, 4) is 0 Å². The van der Waals surface area contributed by atoms with Gasteiger partial charge in [0, 0.05) is 19.1 Å². The third kappa shape index (κ3) is 2.41. The number of nitrogens with one attached hydrogen (secondary N) is 1. The fraction of sp³-hybridized carbons (Fsp3) is 0.636. The Labute approximate surface area is 101 Å². The summed E-state index contributed by atoms with van der Waals surface area (Å²) in [7, 11) is 2.05. The van der Waals surface area contributed by atoms with Crippen LogP contribution in [0.25, 0.3) is 0 Å².